The first-order valence-electron chi connectivity index (χ1n) is 10.8. The van der Waals surface area contributed by atoms with Gasteiger partial charge in [0.25, 0.3) is 0 Å². The SMILES string of the molecule is COc1cc(-c2cc(OC)c(-c3ccc(OCc4ccccc4)c(O)c3)c(O)c2OC)ccc1O. The Hall–Kier alpha value is -4.52. The molecule has 0 fully saturated rings. The molecule has 0 radical (unpaired) electrons. The highest BCUT2D eigenvalue weighted by molar-refractivity contribution is 5.88. The average molecular weight is 475 g/mol. The number of hydrogen-bond donors (Lipinski definition) is 3. The summed E-state index contributed by atoms with van der Waals surface area (Å²) in [6.45, 7) is 0.306. The molecule has 0 bridgehead atoms. The maximum Gasteiger partial charge on any atom is 0.170 e. The topological polar surface area (TPSA) is 97.6 Å². The van der Waals surface area contributed by atoms with Gasteiger partial charge in [0, 0.05) is 5.56 Å². The van der Waals surface area contributed by atoms with E-state index in [1.807, 2.05) is 30.3 Å². The Morgan fingerprint density at radius 2 is 1.34 bits per heavy atom. The molecule has 180 valence electrons. The third kappa shape index (κ3) is 4.75. The number of phenols is 3. The Balaban J connectivity index is 1.74. The fourth-order valence-corrected chi connectivity index (χ4v) is 3.86. The van der Waals surface area contributed by atoms with Crippen molar-refractivity contribution in [1.29, 1.82) is 0 Å². The van der Waals surface area contributed by atoms with Crippen molar-refractivity contribution in [3.8, 4) is 62.5 Å². The van der Waals surface area contributed by atoms with Crippen molar-refractivity contribution < 1.29 is 34.3 Å². The first-order chi connectivity index (χ1) is 17.0. The van der Waals surface area contributed by atoms with E-state index in [-0.39, 0.29) is 28.7 Å². The van der Waals surface area contributed by atoms with Gasteiger partial charge in [-0.3, -0.25) is 0 Å². The number of methoxy groups -OCH3 is 3. The van der Waals surface area contributed by atoms with Gasteiger partial charge < -0.3 is 34.3 Å². The quantitative estimate of drug-likeness (QED) is 0.299. The second-order valence-electron chi connectivity index (χ2n) is 7.73. The fourth-order valence-electron chi connectivity index (χ4n) is 3.86. The molecule has 4 aromatic rings. The molecule has 0 saturated heterocycles. The van der Waals surface area contributed by atoms with E-state index in [9.17, 15) is 15.3 Å². The Bertz CT molecular complexity index is 1330. The summed E-state index contributed by atoms with van der Waals surface area (Å²) in [4.78, 5) is 0. The molecule has 35 heavy (non-hydrogen) atoms. The van der Waals surface area contributed by atoms with Crippen molar-refractivity contribution in [1.82, 2.24) is 0 Å². The average Bonchev–Trinajstić information content (AvgIpc) is 2.88. The monoisotopic (exact) mass is 474 g/mol. The van der Waals surface area contributed by atoms with E-state index in [0.29, 0.717) is 40.4 Å². The van der Waals surface area contributed by atoms with Gasteiger partial charge in [-0.1, -0.05) is 42.5 Å². The van der Waals surface area contributed by atoms with Crippen LogP contribution in [0.1, 0.15) is 5.56 Å². The van der Waals surface area contributed by atoms with Gasteiger partial charge >= 0.3 is 0 Å². The van der Waals surface area contributed by atoms with Crippen molar-refractivity contribution in [2.45, 2.75) is 6.61 Å². The van der Waals surface area contributed by atoms with Crippen LogP contribution in [0, 0.1) is 0 Å². The third-order valence-electron chi connectivity index (χ3n) is 5.62. The third-order valence-corrected chi connectivity index (χ3v) is 5.62. The zero-order valence-corrected chi connectivity index (χ0v) is 19.6. The lowest BCUT2D eigenvalue weighted by atomic mass is 9.96. The molecular weight excluding hydrogens is 448 g/mol. The van der Waals surface area contributed by atoms with Gasteiger partial charge in [-0.05, 0) is 47.0 Å². The van der Waals surface area contributed by atoms with Gasteiger partial charge in [0.05, 0.1) is 26.9 Å². The lowest BCUT2D eigenvalue weighted by molar-refractivity contribution is 0.289. The zero-order chi connectivity index (χ0) is 24.9. The lowest BCUT2D eigenvalue weighted by Crippen LogP contribution is -1.97. The first-order valence-corrected chi connectivity index (χ1v) is 10.8. The standard InChI is InChI=1S/C28H26O7/c1-32-24-14-18(9-11-21(24)29)20-15-25(33-2)26(27(31)28(20)34-3)19-10-12-23(22(30)13-19)35-16-17-7-5-4-6-8-17/h4-15,29-31H,16H2,1-3H3. The van der Waals surface area contributed by atoms with Gasteiger partial charge in [-0.15, -0.1) is 0 Å². The molecule has 4 aromatic carbocycles. The van der Waals surface area contributed by atoms with Crippen molar-refractivity contribution in [2.24, 2.45) is 0 Å². The zero-order valence-electron chi connectivity index (χ0n) is 19.6. The summed E-state index contributed by atoms with van der Waals surface area (Å²) in [6, 6.07) is 21.0. The summed E-state index contributed by atoms with van der Waals surface area (Å²) < 4.78 is 22.1. The Labute approximate surface area is 203 Å². The van der Waals surface area contributed by atoms with E-state index < -0.39 is 0 Å². The van der Waals surface area contributed by atoms with Crippen LogP contribution in [0.2, 0.25) is 0 Å². The minimum absolute atomic E-state index is 0.00641. The van der Waals surface area contributed by atoms with Crippen LogP contribution in [0.25, 0.3) is 22.3 Å². The van der Waals surface area contributed by atoms with Crippen LogP contribution in [0.5, 0.6) is 40.2 Å². The highest BCUT2D eigenvalue weighted by Crippen LogP contribution is 2.51. The molecule has 3 N–H and O–H groups in total. The smallest absolute Gasteiger partial charge is 0.170 e. The number of aromatic hydroxyl groups is 3. The van der Waals surface area contributed by atoms with Crippen LogP contribution in [0.4, 0.5) is 0 Å². The normalized spacial score (nSPS) is 10.6. The molecule has 7 heteroatoms. The summed E-state index contributed by atoms with van der Waals surface area (Å²) in [7, 11) is 4.39. The molecule has 0 unspecified atom stereocenters. The number of ether oxygens (including phenoxy) is 4. The molecule has 0 aliphatic carbocycles. The molecule has 7 nitrogen and oxygen atoms in total. The van der Waals surface area contributed by atoms with E-state index in [0.717, 1.165) is 5.56 Å². The molecule has 0 aliphatic heterocycles. The summed E-state index contributed by atoms with van der Waals surface area (Å²) >= 11 is 0. The summed E-state index contributed by atoms with van der Waals surface area (Å²) in [6.07, 6.45) is 0. The Kier molecular flexibility index (Phi) is 6.87. The van der Waals surface area contributed by atoms with E-state index >= 15 is 0 Å². The van der Waals surface area contributed by atoms with E-state index in [1.165, 1.54) is 33.5 Å². The predicted octanol–water partition coefficient (Wildman–Crippen LogP) is 5.74. The molecule has 0 atom stereocenters. The van der Waals surface area contributed by atoms with Crippen molar-refractivity contribution in [2.75, 3.05) is 21.3 Å². The van der Waals surface area contributed by atoms with Gasteiger partial charge in [0.2, 0.25) is 0 Å². The minimum atomic E-state index is -0.161. The summed E-state index contributed by atoms with van der Waals surface area (Å²) in [5, 5.41) is 31.7. The van der Waals surface area contributed by atoms with Crippen molar-refractivity contribution in [3.05, 3.63) is 78.4 Å². The molecule has 0 heterocycles. The molecule has 4 rings (SSSR count). The van der Waals surface area contributed by atoms with E-state index in [1.54, 1.807) is 30.3 Å². The summed E-state index contributed by atoms with van der Waals surface area (Å²) in [5.74, 6) is 0.921. The number of benzene rings is 4. The van der Waals surface area contributed by atoms with Gasteiger partial charge in [0.15, 0.2) is 34.5 Å². The molecule has 0 aliphatic rings. The second kappa shape index (κ2) is 10.2. The number of phenolic OH excluding ortho intramolecular Hbond substituents is 3. The second-order valence-corrected chi connectivity index (χ2v) is 7.73. The van der Waals surface area contributed by atoms with E-state index in [4.69, 9.17) is 18.9 Å². The maximum absolute atomic E-state index is 11.2. The molecule has 0 aromatic heterocycles. The lowest BCUT2D eigenvalue weighted by Gasteiger charge is -2.19. The molecule has 0 saturated carbocycles. The minimum Gasteiger partial charge on any atom is -0.504 e. The van der Waals surface area contributed by atoms with Crippen LogP contribution in [0.15, 0.2) is 72.8 Å². The Morgan fingerprint density at radius 3 is 2.00 bits per heavy atom. The van der Waals surface area contributed by atoms with Crippen LogP contribution in [0.3, 0.4) is 0 Å². The van der Waals surface area contributed by atoms with Crippen LogP contribution >= 0.6 is 0 Å². The maximum atomic E-state index is 11.2. The highest BCUT2D eigenvalue weighted by atomic mass is 16.5. The van der Waals surface area contributed by atoms with Gasteiger partial charge in [-0.25, -0.2) is 0 Å². The van der Waals surface area contributed by atoms with Crippen molar-refractivity contribution in [3.63, 3.8) is 0 Å². The van der Waals surface area contributed by atoms with E-state index in [2.05, 4.69) is 0 Å². The Morgan fingerprint density at radius 1 is 0.629 bits per heavy atom. The summed E-state index contributed by atoms with van der Waals surface area (Å²) in [5.41, 5.74) is 3.02. The highest BCUT2D eigenvalue weighted by Gasteiger charge is 2.23. The molecular formula is C28H26O7. The predicted molar refractivity (Wildman–Crippen MR) is 133 cm³/mol. The molecule has 0 spiro atoms. The first kappa shape index (κ1) is 23.6. The van der Waals surface area contributed by atoms with Crippen LogP contribution in [-0.2, 0) is 6.61 Å². The van der Waals surface area contributed by atoms with Crippen LogP contribution in [-0.4, -0.2) is 36.6 Å². The number of hydrogen-bond acceptors (Lipinski definition) is 7. The fraction of sp³-hybridized carbons (Fsp3) is 0.143. The van der Waals surface area contributed by atoms with Crippen molar-refractivity contribution >= 4 is 0 Å². The van der Waals surface area contributed by atoms with Crippen LogP contribution < -0.4 is 18.9 Å². The van der Waals surface area contributed by atoms with Gasteiger partial charge in [-0.2, -0.15) is 0 Å². The largest absolute Gasteiger partial charge is 0.504 e. The number of rotatable bonds is 8. The molecule has 0 amide bonds. The van der Waals surface area contributed by atoms with Gasteiger partial charge in [0.1, 0.15) is 12.4 Å².